The van der Waals surface area contributed by atoms with Gasteiger partial charge in [0.15, 0.2) is 6.61 Å². The third-order valence-electron chi connectivity index (χ3n) is 7.53. The zero-order valence-electron chi connectivity index (χ0n) is 23.6. The van der Waals surface area contributed by atoms with Crippen molar-refractivity contribution in [1.82, 2.24) is 10.2 Å². The first kappa shape index (κ1) is 29.6. The number of hydrogen-bond acceptors (Lipinski definition) is 6. The number of aryl methyl sites for hydroxylation is 1. The molecule has 0 aromatic heterocycles. The second kappa shape index (κ2) is 14.3. The molecule has 0 radical (unpaired) electrons. The average molecular weight is 560 g/mol. The molecular weight excluding hydrogens is 522 g/mol. The number of rotatable bonds is 12. The zero-order chi connectivity index (χ0) is 29.2. The summed E-state index contributed by atoms with van der Waals surface area (Å²) < 4.78 is 10.9. The normalized spacial score (nSPS) is 14.1. The van der Waals surface area contributed by atoms with Crippen LogP contribution in [0.15, 0.2) is 72.8 Å². The van der Waals surface area contributed by atoms with Gasteiger partial charge in [-0.3, -0.25) is 19.7 Å². The molecule has 1 aliphatic rings. The van der Waals surface area contributed by atoms with Gasteiger partial charge in [0, 0.05) is 31.1 Å². The van der Waals surface area contributed by atoms with Gasteiger partial charge < -0.3 is 19.7 Å². The van der Waals surface area contributed by atoms with E-state index in [1.165, 1.54) is 31.7 Å². The van der Waals surface area contributed by atoms with Crippen molar-refractivity contribution in [3.63, 3.8) is 0 Å². The van der Waals surface area contributed by atoms with E-state index in [9.17, 15) is 19.7 Å². The summed E-state index contributed by atoms with van der Waals surface area (Å²) in [6.07, 6.45) is 5.53. The van der Waals surface area contributed by atoms with Crippen molar-refractivity contribution in [3.05, 3.63) is 99.6 Å². The first-order valence-electron chi connectivity index (χ1n) is 14.0. The van der Waals surface area contributed by atoms with Crippen molar-refractivity contribution >= 4 is 17.5 Å². The molecule has 0 unspecified atom stereocenters. The van der Waals surface area contributed by atoms with E-state index in [4.69, 9.17) is 9.47 Å². The fraction of sp³-hybridized carbons (Fsp3) is 0.375. The molecule has 0 aliphatic heterocycles. The van der Waals surface area contributed by atoms with Crippen LogP contribution in [0, 0.1) is 17.0 Å². The molecule has 0 saturated heterocycles. The molecule has 1 atom stereocenters. The quantitative estimate of drug-likeness (QED) is 0.236. The largest absolute Gasteiger partial charge is 0.490 e. The maximum absolute atomic E-state index is 13.9. The van der Waals surface area contributed by atoms with Crippen molar-refractivity contribution in [2.75, 3.05) is 13.7 Å². The highest BCUT2D eigenvalue weighted by atomic mass is 16.6. The number of methoxy groups -OCH3 is 1. The van der Waals surface area contributed by atoms with Crippen molar-refractivity contribution in [2.45, 2.75) is 64.1 Å². The molecule has 41 heavy (non-hydrogen) atoms. The molecule has 216 valence electrons. The summed E-state index contributed by atoms with van der Waals surface area (Å²) in [5, 5.41) is 14.5. The van der Waals surface area contributed by atoms with E-state index in [-0.39, 0.29) is 48.2 Å². The fourth-order valence-corrected chi connectivity index (χ4v) is 5.20. The summed E-state index contributed by atoms with van der Waals surface area (Å²) >= 11 is 0. The number of amides is 2. The van der Waals surface area contributed by atoms with E-state index in [1.54, 1.807) is 4.90 Å². The minimum Gasteiger partial charge on any atom is -0.490 e. The van der Waals surface area contributed by atoms with Gasteiger partial charge in [0.2, 0.25) is 11.7 Å². The predicted molar refractivity (Wildman–Crippen MR) is 156 cm³/mol. The molecule has 1 aliphatic carbocycles. The maximum Gasteiger partial charge on any atom is 0.311 e. The van der Waals surface area contributed by atoms with Crippen LogP contribution in [0.2, 0.25) is 0 Å². The lowest BCUT2D eigenvalue weighted by Gasteiger charge is -2.33. The summed E-state index contributed by atoms with van der Waals surface area (Å²) in [5.74, 6) is -0.265. The summed E-state index contributed by atoms with van der Waals surface area (Å²) in [6, 6.07) is 20.9. The smallest absolute Gasteiger partial charge is 0.311 e. The third kappa shape index (κ3) is 8.06. The minimum atomic E-state index is -0.763. The Morgan fingerprint density at radius 3 is 2.41 bits per heavy atom. The van der Waals surface area contributed by atoms with Gasteiger partial charge in [0.25, 0.3) is 5.91 Å². The summed E-state index contributed by atoms with van der Waals surface area (Å²) in [4.78, 5) is 40.1. The van der Waals surface area contributed by atoms with Gasteiger partial charge in [-0.25, -0.2) is 0 Å². The Morgan fingerprint density at radius 2 is 1.73 bits per heavy atom. The number of nitro groups is 1. The molecule has 9 nitrogen and oxygen atoms in total. The van der Waals surface area contributed by atoms with Crippen LogP contribution >= 0.6 is 0 Å². The van der Waals surface area contributed by atoms with E-state index >= 15 is 0 Å². The van der Waals surface area contributed by atoms with Gasteiger partial charge in [0.1, 0.15) is 11.8 Å². The Morgan fingerprint density at radius 1 is 1.02 bits per heavy atom. The predicted octanol–water partition coefficient (Wildman–Crippen LogP) is 5.38. The first-order valence-corrected chi connectivity index (χ1v) is 14.0. The molecule has 3 aromatic carbocycles. The van der Waals surface area contributed by atoms with Crippen molar-refractivity contribution in [3.8, 4) is 11.5 Å². The van der Waals surface area contributed by atoms with Crippen LogP contribution in [-0.2, 0) is 22.6 Å². The molecule has 1 N–H and O–H groups in total. The molecule has 0 heterocycles. The highest BCUT2D eigenvalue weighted by Gasteiger charge is 2.32. The Hall–Kier alpha value is -4.40. The number of benzene rings is 3. The highest BCUT2D eigenvalue weighted by molar-refractivity contribution is 5.88. The summed E-state index contributed by atoms with van der Waals surface area (Å²) in [7, 11) is 1.33. The number of nitrogens with zero attached hydrogens (tertiary/aromatic N) is 2. The molecule has 1 saturated carbocycles. The Kier molecular flexibility index (Phi) is 10.3. The molecule has 3 aromatic rings. The lowest BCUT2D eigenvalue weighted by atomic mass is 9.94. The standard InChI is InChI=1S/C32H37N3O6/c1-23-11-9-10-14-25(23)21-34(31(36)22-41-27-17-18-28(35(38)39)30(20-27)40-2)29(19-24-12-5-3-6-13-24)32(37)33-26-15-7-4-8-16-26/h3,5-6,9-14,17-18,20,26,29H,4,7-8,15-16,19,21-22H2,1-2H3,(H,33,37)/t29-/m1/s1. The number of nitro benzene ring substituents is 1. The van der Waals surface area contributed by atoms with E-state index in [2.05, 4.69) is 5.32 Å². The van der Waals surface area contributed by atoms with Gasteiger partial charge in [-0.15, -0.1) is 0 Å². The second-order valence-electron chi connectivity index (χ2n) is 10.4. The zero-order valence-corrected chi connectivity index (χ0v) is 23.6. The van der Waals surface area contributed by atoms with E-state index in [0.29, 0.717) is 6.42 Å². The van der Waals surface area contributed by atoms with Crippen LogP contribution in [0.4, 0.5) is 5.69 Å². The summed E-state index contributed by atoms with van der Waals surface area (Å²) in [6.45, 7) is 1.86. The van der Waals surface area contributed by atoms with Gasteiger partial charge in [0.05, 0.1) is 12.0 Å². The van der Waals surface area contributed by atoms with Crippen LogP contribution < -0.4 is 14.8 Å². The SMILES string of the molecule is COc1cc(OCC(=O)N(Cc2ccccc2C)[C@H](Cc2ccccc2)C(=O)NC2CCCCC2)ccc1[N+](=O)[O-]. The Labute approximate surface area is 240 Å². The topological polar surface area (TPSA) is 111 Å². The molecule has 4 rings (SSSR count). The van der Waals surface area contributed by atoms with Crippen LogP contribution in [0.25, 0.3) is 0 Å². The monoisotopic (exact) mass is 559 g/mol. The average Bonchev–Trinajstić information content (AvgIpc) is 2.99. The number of nitrogens with one attached hydrogen (secondary N) is 1. The van der Waals surface area contributed by atoms with Crippen LogP contribution in [0.5, 0.6) is 11.5 Å². The lowest BCUT2D eigenvalue weighted by Crippen LogP contribution is -2.53. The van der Waals surface area contributed by atoms with Crippen molar-refractivity contribution in [1.29, 1.82) is 0 Å². The number of ether oxygens (including phenoxy) is 2. The highest BCUT2D eigenvalue weighted by Crippen LogP contribution is 2.31. The molecule has 9 heteroatoms. The molecule has 1 fully saturated rings. The second-order valence-corrected chi connectivity index (χ2v) is 10.4. The van der Waals surface area contributed by atoms with Crippen LogP contribution in [0.3, 0.4) is 0 Å². The number of carbonyl (C=O) groups excluding carboxylic acids is 2. The van der Waals surface area contributed by atoms with Gasteiger partial charge in [-0.05, 0) is 42.5 Å². The number of carbonyl (C=O) groups is 2. The van der Waals surface area contributed by atoms with Crippen molar-refractivity contribution in [2.24, 2.45) is 0 Å². The van der Waals surface area contributed by atoms with Crippen LogP contribution in [0.1, 0.15) is 48.8 Å². The van der Waals surface area contributed by atoms with Crippen LogP contribution in [-0.4, -0.2) is 47.4 Å². The van der Waals surface area contributed by atoms with Gasteiger partial charge in [-0.2, -0.15) is 0 Å². The van der Waals surface area contributed by atoms with Gasteiger partial charge in [-0.1, -0.05) is 73.9 Å². The Bertz CT molecular complexity index is 1340. The van der Waals surface area contributed by atoms with E-state index in [0.717, 1.165) is 42.4 Å². The maximum atomic E-state index is 13.9. The molecule has 2 amide bonds. The minimum absolute atomic E-state index is 0.0329. The molecular formula is C32H37N3O6. The molecule has 0 bridgehead atoms. The van der Waals surface area contributed by atoms with E-state index < -0.39 is 11.0 Å². The van der Waals surface area contributed by atoms with Gasteiger partial charge >= 0.3 is 5.69 Å². The van der Waals surface area contributed by atoms with E-state index in [1.807, 2.05) is 61.5 Å². The number of hydrogen-bond donors (Lipinski definition) is 1. The van der Waals surface area contributed by atoms with Crippen molar-refractivity contribution < 1.29 is 24.0 Å². The molecule has 0 spiro atoms. The third-order valence-corrected chi connectivity index (χ3v) is 7.53. The first-order chi connectivity index (χ1) is 19.9. The lowest BCUT2D eigenvalue weighted by molar-refractivity contribution is -0.385. The Balaban J connectivity index is 1.62. The fourth-order valence-electron chi connectivity index (χ4n) is 5.20. The summed E-state index contributed by atoms with van der Waals surface area (Å²) in [5.41, 5.74) is 2.69.